The molecule has 2 rings (SSSR count). The molecule has 0 bridgehead atoms. The second kappa shape index (κ2) is 8.46. The highest BCUT2D eigenvalue weighted by Gasteiger charge is 2.14. The van der Waals surface area contributed by atoms with Gasteiger partial charge in [0.15, 0.2) is 0 Å². The van der Waals surface area contributed by atoms with Crippen molar-refractivity contribution in [3.05, 3.63) is 38.3 Å². The summed E-state index contributed by atoms with van der Waals surface area (Å²) in [6.07, 6.45) is 6.59. The van der Waals surface area contributed by atoms with E-state index < -0.39 is 0 Å². The molecule has 1 aromatic rings. The molecular weight excluding hydrogens is 336 g/mol. The lowest BCUT2D eigenvalue weighted by atomic mass is 9.98. The van der Waals surface area contributed by atoms with Gasteiger partial charge in [0.2, 0.25) is 0 Å². The number of nitrogens with one attached hydrogen (secondary N) is 1. The van der Waals surface area contributed by atoms with Crippen LogP contribution < -0.4 is 5.32 Å². The molecule has 0 saturated heterocycles. The normalized spacial score (nSPS) is 16.0. The van der Waals surface area contributed by atoms with E-state index in [1.54, 1.807) is 12.1 Å². The zero-order valence-corrected chi connectivity index (χ0v) is 13.6. The molecule has 0 amide bonds. The molecule has 0 aliphatic heterocycles. The van der Waals surface area contributed by atoms with Crippen molar-refractivity contribution in [3.63, 3.8) is 0 Å². The molecule has 21 heavy (non-hydrogen) atoms. The predicted molar refractivity (Wildman–Crippen MR) is 85.3 cm³/mol. The lowest BCUT2D eigenvalue weighted by molar-refractivity contribution is -0.385. The lowest BCUT2D eigenvalue weighted by Crippen LogP contribution is -2.24. The molecule has 116 valence electrons. The van der Waals surface area contributed by atoms with Crippen molar-refractivity contribution in [2.45, 2.75) is 44.8 Å². The van der Waals surface area contributed by atoms with Crippen molar-refractivity contribution < 1.29 is 9.66 Å². The molecule has 1 aliphatic carbocycles. The summed E-state index contributed by atoms with van der Waals surface area (Å²) in [7, 11) is 0. The maximum atomic E-state index is 11.0. The molecule has 0 heterocycles. The molecule has 0 aromatic heterocycles. The summed E-state index contributed by atoms with van der Waals surface area (Å²) in [5.74, 6) is 0. The highest BCUT2D eigenvalue weighted by atomic mass is 79.9. The third-order valence-electron chi connectivity index (χ3n) is 3.74. The van der Waals surface area contributed by atoms with Crippen molar-refractivity contribution in [2.24, 2.45) is 0 Å². The zero-order chi connectivity index (χ0) is 15.1. The number of ether oxygens (including phenoxy) is 1. The van der Waals surface area contributed by atoms with Gasteiger partial charge in [-0.3, -0.25) is 10.1 Å². The molecule has 0 spiro atoms. The first kappa shape index (κ1) is 16.4. The van der Waals surface area contributed by atoms with Crippen LogP contribution in [0.4, 0.5) is 5.69 Å². The van der Waals surface area contributed by atoms with E-state index in [1.165, 1.54) is 25.3 Å². The van der Waals surface area contributed by atoms with E-state index in [4.69, 9.17) is 4.74 Å². The van der Waals surface area contributed by atoms with Gasteiger partial charge in [-0.1, -0.05) is 35.2 Å². The Morgan fingerprint density at radius 3 is 2.81 bits per heavy atom. The fourth-order valence-corrected chi connectivity index (χ4v) is 3.03. The smallest absolute Gasteiger partial charge is 0.273 e. The first-order chi connectivity index (χ1) is 10.2. The van der Waals surface area contributed by atoms with Gasteiger partial charge >= 0.3 is 0 Å². The van der Waals surface area contributed by atoms with Crippen molar-refractivity contribution in [1.82, 2.24) is 5.32 Å². The van der Waals surface area contributed by atoms with Gasteiger partial charge in [0.05, 0.1) is 17.6 Å². The van der Waals surface area contributed by atoms with Crippen LogP contribution in [-0.2, 0) is 11.3 Å². The van der Waals surface area contributed by atoms with Gasteiger partial charge in [0, 0.05) is 29.2 Å². The number of halogens is 1. The summed E-state index contributed by atoms with van der Waals surface area (Å²) >= 11 is 3.35. The van der Waals surface area contributed by atoms with E-state index in [1.807, 2.05) is 0 Å². The van der Waals surface area contributed by atoms with Gasteiger partial charge in [0.25, 0.3) is 5.69 Å². The van der Waals surface area contributed by atoms with Gasteiger partial charge in [0.1, 0.15) is 0 Å². The van der Waals surface area contributed by atoms with Gasteiger partial charge in [-0.25, -0.2) is 0 Å². The maximum Gasteiger partial charge on any atom is 0.273 e. The Balaban J connectivity index is 1.73. The van der Waals surface area contributed by atoms with E-state index in [0.717, 1.165) is 17.3 Å². The van der Waals surface area contributed by atoms with Crippen LogP contribution in [0.15, 0.2) is 22.7 Å². The highest BCUT2D eigenvalue weighted by Crippen LogP contribution is 2.23. The van der Waals surface area contributed by atoms with Gasteiger partial charge in [-0.2, -0.15) is 0 Å². The van der Waals surface area contributed by atoms with Crippen LogP contribution in [0.5, 0.6) is 0 Å². The van der Waals surface area contributed by atoms with Crippen LogP contribution in [-0.4, -0.2) is 24.2 Å². The third kappa shape index (κ3) is 5.37. The molecule has 1 aliphatic rings. The molecule has 0 atom stereocenters. The Morgan fingerprint density at radius 1 is 1.33 bits per heavy atom. The molecule has 1 N–H and O–H groups in total. The molecule has 1 saturated carbocycles. The average molecular weight is 357 g/mol. The average Bonchev–Trinajstić information content (AvgIpc) is 2.48. The number of nitrogens with zero attached hydrogens (tertiary/aromatic N) is 1. The monoisotopic (exact) mass is 356 g/mol. The molecule has 1 fully saturated rings. The van der Waals surface area contributed by atoms with Crippen molar-refractivity contribution in [3.8, 4) is 0 Å². The molecule has 0 unspecified atom stereocenters. The van der Waals surface area contributed by atoms with Crippen molar-refractivity contribution in [1.29, 1.82) is 0 Å². The molecule has 5 nitrogen and oxygen atoms in total. The summed E-state index contributed by atoms with van der Waals surface area (Å²) < 4.78 is 6.67. The fourth-order valence-electron chi connectivity index (χ4n) is 2.63. The molecule has 1 aromatic carbocycles. The van der Waals surface area contributed by atoms with E-state index in [9.17, 15) is 10.1 Å². The second-order valence-electron chi connectivity index (χ2n) is 5.34. The Hall–Kier alpha value is -0.980. The zero-order valence-electron chi connectivity index (χ0n) is 12.0. The summed E-state index contributed by atoms with van der Waals surface area (Å²) in [6.45, 7) is 1.84. The van der Waals surface area contributed by atoms with Crippen molar-refractivity contribution in [2.75, 3.05) is 13.2 Å². The number of hydrogen-bond donors (Lipinski definition) is 1. The number of nitro groups is 1. The minimum Gasteiger partial charge on any atom is -0.377 e. The minimum absolute atomic E-state index is 0.152. The lowest BCUT2D eigenvalue weighted by Gasteiger charge is -2.22. The molecular formula is C15H21BrN2O3. The summed E-state index contributed by atoms with van der Waals surface area (Å²) in [4.78, 5) is 10.6. The van der Waals surface area contributed by atoms with E-state index in [2.05, 4.69) is 21.2 Å². The molecule has 0 radical (unpaired) electrons. The topological polar surface area (TPSA) is 64.4 Å². The number of nitro benzene ring substituents is 1. The fraction of sp³-hybridized carbons (Fsp3) is 0.600. The Kier molecular flexibility index (Phi) is 6.60. The largest absolute Gasteiger partial charge is 0.377 e. The third-order valence-corrected chi connectivity index (χ3v) is 4.23. The SMILES string of the molecule is O=[N+]([O-])c1ccc(Br)cc1CNCCOC1CCCCC1. The van der Waals surface area contributed by atoms with Crippen LogP contribution in [0.3, 0.4) is 0 Å². The number of hydrogen-bond acceptors (Lipinski definition) is 4. The van der Waals surface area contributed by atoms with E-state index in [-0.39, 0.29) is 10.6 Å². The summed E-state index contributed by atoms with van der Waals surface area (Å²) in [5, 5.41) is 14.2. The summed E-state index contributed by atoms with van der Waals surface area (Å²) in [6, 6.07) is 5.00. The van der Waals surface area contributed by atoms with Gasteiger partial charge in [-0.15, -0.1) is 0 Å². The molecule has 6 heteroatoms. The van der Waals surface area contributed by atoms with Crippen LogP contribution >= 0.6 is 15.9 Å². The predicted octanol–water partition coefficient (Wildman–Crippen LogP) is 3.80. The van der Waals surface area contributed by atoms with E-state index in [0.29, 0.717) is 31.4 Å². The first-order valence-corrected chi connectivity index (χ1v) is 8.21. The quantitative estimate of drug-likeness (QED) is 0.458. The summed E-state index contributed by atoms with van der Waals surface area (Å²) in [5.41, 5.74) is 0.839. The Morgan fingerprint density at radius 2 is 2.10 bits per heavy atom. The minimum atomic E-state index is -0.345. The van der Waals surface area contributed by atoms with Crippen LogP contribution in [0, 0.1) is 10.1 Å². The maximum absolute atomic E-state index is 11.0. The highest BCUT2D eigenvalue weighted by molar-refractivity contribution is 9.10. The number of benzene rings is 1. The van der Waals surface area contributed by atoms with Crippen molar-refractivity contribution >= 4 is 21.6 Å². The van der Waals surface area contributed by atoms with Gasteiger partial charge < -0.3 is 10.1 Å². The van der Waals surface area contributed by atoms with Crippen LogP contribution in [0.25, 0.3) is 0 Å². The van der Waals surface area contributed by atoms with Crippen LogP contribution in [0.2, 0.25) is 0 Å². The van der Waals surface area contributed by atoms with Crippen LogP contribution in [0.1, 0.15) is 37.7 Å². The first-order valence-electron chi connectivity index (χ1n) is 7.42. The van der Waals surface area contributed by atoms with E-state index >= 15 is 0 Å². The number of rotatable bonds is 7. The standard InChI is InChI=1S/C15H21BrN2O3/c16-13-6-7-15(18(19)20)12(10-13)11-17-8-9-21-14-4-2-1-3-5-14/h6-7,10,14,17H,1-5,8-9,11H2. The van der Waals surface area contributed by atoms with Gasteiger partial charge in [-0.05, 0) is 25.0 Å². The Labute approximate surface area is 133 Å². The Bertz CT molecular complexity index is 476. The second-order valence-corrected chi connectivity index (χ2v) is 6.25.